The summed E-state index contributed by atoms with van der Waals surface area (Å²) in [4.78, 5) is 23.6. The van der Waals surface area contributed by atoms with Gasteiger partial charge in [0.25, 0.3) is 0 Å². The number of carboxylic acid groups (broad SMARTS) is 1. The van der Waals surface area contributed by atoms with E-state index >= 15 is 0 Å². The van der Waals surface area contributed by atoms with Crippen molar-refractivity contribution in [2.24, 2.45) is 0 Å². The van der Waals surface area contributed by atoms with Crippen LogP contribution in [-0.4, -0.2) is 15.6 Å². The minimum atomic E-state index is -1.17. The molecule has 6 heteroatoms. The molecule has 0 amide bonds. The predicted molar refractivity (Wildman–Crippen MR) is 71.4 cm³/mol. The highest BCUT2D eigenvalue weighted by molar-refractivity contribution is 14.1. The van der Waals surface area contributed by atoms with Gasteiger partial charge in [-0.25, -0.2) is 4.79 Å². The van der Waals surface area contributed by atoms with Crippen molar-refractivity contribution in [3.63, 3.8) is 0 Å². The quantitative estimate of drug-likeness (QED) is 0.847. The Morgan fingerprint density at radius 1 is 1.62 bits per heavy atom. The van der Waals surface area contributed by atoms with E-state index in [1.165, 1.54) is 17.5 Å². The zero-order chi connectivity index (χ0) is 11.9. The third-order valence-corrected chi connectivity index (χ3v) is 4.22. The van der Waals surface area contributed by atoms with Crippen molar-refractivity contribution in [2.75, 3.05) is 0 Å². The first-order chi connectivity index (χ1) is 7.54. The molecule has 2 aromatic rings. The molecule has 1 N–H and O–H groups in total. The summed E-state index contributed by atoms with van der Waals surface area (Å²) in [5, 5.41) is 9.44. The van der Waals surface area contributed by atoms with E-state index in [0.717, 1.165) is 7.71 Å². The number of rotatable bonds is 2. The molecule has 2 heterocycles. The lowest BCUT2D eigenvalue weighted by Gasteiger charge is -2.05. The van der Waals surface area contributed by atoms with Gasteiger partial charge in [-0.2, -0.15) is 0 Å². The maximum absolute atomic E-state index is 11.9. The molecule has 2 rings (SSSR count). The van der Waals surface area contributed by atoms with Gasteiger partial charge in [-0.3, -0.25) is 4.79 Å². The van der Waals surface area contributed by atoms with E-state index < -0.39 is 11.4 Å². The number of halogens is 1. The molecule has 0 spiro atoms. The Morgan fingerprint density at radius 2 is 2.31 bits per heavy atom. The molecule has 0 radical (unpaired) electrons. The standard InChI is InChI=1S/C10H8INO3S/c1-2-12-4-6(10(14)15)8(13)5-3-7(11)16-9(5)12/h3-4H,2H2,1H3,(H,14,15). The Balaban J connectivity index is 2.93. The molecule has 0 aliphatic rings. The maximum atomic E-state index is 11.9. The second kappa shape index (κ2) is 4.17. The fourth-order valence-electron chi connectivity index (χ4n) is 1.53. The SMILES string of the molecule is CCn1cc(C(=O)O)c(=O)c2cc(I)sc21. The minimum absolute atomic E-state index is 0.163. The topological polar surface area (TPSA) is 59.3 Å². The van der Waals surface area contributed by atoms with Gasteiger partial charge in [-0.15, -0.1) is 11.3 Å². The van der Waals surface area contributed by atoms with Gasteiger partial charge in [0.15, 0.2) is 0 Å². The second-order valence-electron chi connectivity index (χ2n) is 3.23. The Labute approximate surface area is 109 Å². The fraction of sp³-hybridized carbons (Fsp3) is 0.200. The molecule has 4 nitrogen and oxygen atoms in total. The van der Waals surface area contributed by atoms with Crippen LogP contribution < -0.4 is 5.43 Å². The summed E-state index contributed by atoms with van der Waals surface area (Å²) in [5.41, 5.74) is -0.560. The van der Waals surface area contributed by atoms with Crippen LogP contribution in [0.1, 0.15) is 17.3 Å². The van der Waals surface area contributed by atoms with Crippen LogP contribution in [0.4, 0.5) is 0 Å². The average Bonchev–Trinajstić information content (AvgIpc) is 2.60. The van der Waals surface area contributed by atoms with Gasteiger partial charge in [0.05, 0.1) is 8.27 Å². The van der Waals surface area contributed by atoms with Crippen molar-refractivity contribution in [1.29, 1.82) is 0 Å². The van der Waals surface area contributed by atoms with Crippen molar-refractivity contribution >= 4 is 50.1 Å². The molecule has 0 bridgehead atoms. The summed E-state index contributed by atoms with van der Waals surface area (Å²) in [6.45, 7) is 2.57. The number of hydrogen-bond acceptors (Lipinski definition) is 3. The van der Waals surface area contributed by atoms with Crippen LogP contribution >= 0.6 is 33.9 Å². The predicted octanol–water partition coefficient (Wildman–Crippen LogP) is 2.39. The van der Waals surface area contributed by atoms with Crippen molar-refractivity contribution in [3.8, 4) is 0 Å². The van der Waals surface area contributed by atoms with E-state index in [1.807, 2.05) is 6.92 Å². The van der Waals surface area contributed by atoms with Crippen molar-refractivity contribution in [1.82, 2.24) is 4.57 Å². The Kier molecular flexibility index (Phi) is 3.02. The molecule has 0 unspecified atom stereocenters. The lowest BCUT2D eigenvalue weighted by molar-refractivity contribution is 0.0695. The van der Waals surface area contributed by atoms with Crippen LogP contribution in [0.15, 0.2) is 17.1 Å². The Hall–Kier alpha value is -0.890. The number of aryl methyl sites for hydroxylation is 1. The van der Waals surface area contributed by atoms with Crippen molar-refractivity contribution in [3.05, 3.63) is 30.9 Å². The van der Waals surface area contributed by atoms with Gasteiger partial charge in [-0.1, -0.05) is 0 Å². The molecular formula is C10H8INO3S. The molecule has 0 saturated heterocycles. The number of thiophene rings is 1. The molecule has 0 saturated carbocycles. The zero-order valence-corrected chi connectivity index (χ0v) is 11.3. The summed E-state index contributed by atoms with van der Waals surface area (Å²) in [5.74, 6) is -1.17. The molecule has 0 atom stereocenters. The summed E-state index contributed by atoms with van der Waals surface area (Å²) in [6, 6.07) is 1.74. The van der Waals surface area contributed by atoms with Gasteiger partial charge >= 0.3 is 5.97 Å². The first-order valence-corrected chi connectivity index (χ1v) is 6.50. The van der Waals surface area contributed by atoms with Crippen molar-refractivity contribution < 1.29 is 9.90 Å². The van der Waals surface area contributed by atoms with Gasteiger partial charge in [0.1, 0.15) is 10.4 Å². The molecule has 2 aromatic heterocycles. The van der Waals surface area contributed by atoms with E-state index in [9.17, 15) is 9.59 Å². The van der Waals surface area contributed by atoms with Gasteiger partial charge in [-0.05, 0) is 35.6 Å². The maximum Gasteiger partial charge on any atom is 0.341 e. The van der Waals surface area contributed by atoms with E-state index in [1.54, 1.807) is 10.6 Å². The number of pyridine rings is 1. The highest BCUT2D eigenvalue weighted by Gasteiger charge is 2.15. The highest BCUT2D eigenvalue weighted by atomic mass is 127. The largest absolute Gasteiger partial charge is 0.477 e. The van der Waals surface area contributed by atoms with E-state index in [4.69, 9.17) is 5.11 Å². The molecule has 0 fully saturated rings. The number of fused-ring (bicyclic) bond motifs is 1. The summed E-state index contributed by atoms with van der Waals surface area (Å²) >= 11 is 3.63. The number of hydrogen-bond donors (Lipinski definition) is 1. The number of carboxylic acids is 1. The molecular weight excluding hydrogens is 341 g/mol. The normalized spacial score (nSPS) is 10.9. The number of aromatic nitrogens is 1. The third kappa shape index (κ3) is 1.75. The monoisotopic (exact) mass is 349 g/mol. The van der Waals surface area contributed by atoms with Crippen LogP contribution in [-0.2, 0) is 6.54 Å². The second-order valence-corrected chi connectivity index (χ2v) is 6.16. The highest BCUT2D eigenvalue weighted by Crippen LogP contribution is 2.25. The first-order valence-electron chi connectivity index (χ1n) is 4.60. The fourth-order valence-corrected chi connectivity index (χ4v) is 3.39. The summed E-state index contributed by atoms with van der Waals surface area (Å²) in [7, 11) is 0. The van der Waals surface area contributed by atoms with Gasteiger partial charge in [0, 0.05) is 12.7 Å². The average molecular weight is 349 g/mol. The lowest BCUT2D eigenvalue weighted by atomic mass is 10.2. The minimum Gasteiger partial charge on any atom is -0.477 e. The summed E-state index contributed by atoms with van der Waals surface area (Å²) in [6.07, 6.45) is 1.42. The van der Waals surface area contributed by atoms with Crippen LogP contribution in [0.2, 0.25) is 0 Å². The molecule has 84 valence electrons. The Morgan fingerprint density at radius 3 is 2.88 bits per heavy atom. The van der Waals surface area contributed by atoms with E-state index in [2.05, 4.69) is 22.6 Å². The van der Waals surface area contributed by atoms with Crippen LogP contribution in [0.25, 0.3) is 10.2 Å². The van der Waals surface area contributed by atoms with Crippen LogP contribution in [0.5, 0.6) is 0 Å². The molecule has 0 aromatic carbocycles. The Bertz CT molecular complexity index is 629. The summed E-state index contributed by atoms with van der Waals surface area (Å²) < 4.78 is 2.78. The van der Waals surface area contributed by atoms with Crippen molar-refractivity contribution in [2.45, 2.75) is 13.5 Å². The van der Waals surface area contributed by atoms with Gasteiger partial charge < -0.3 is 9.67 Å². The van der Waals surface area contributed by atoms with E-state index in [0.29, 0.717) is 11.9 Å². The lowest BCUT2D eigenvalue weighted by Crippen LogP contribution is -2.17. The smallest absolute Gasteiger partial charge is 0.341 e. The number of carbonyl (C=O) groups is 1. The molecule has 16 heavy (non-hydrogen) atoms. The number of aromatic carboxylic acids is 1. The zero-order valence-electron chi connectivity index (χ0n) is 8.36. The third-order valence-electron chi connectivity index (χ3n) is 2.29. The van der Waals surface area contributed by atoms with Crippen LogP contribution in [0, 0.1) is 2.88 Å². The number of nitrogens with zero attached hydrogens (tertiary/aromatic N) is 1. The van der Waals surface area contributed by atoms with Crippen LogP contribution in [0.3, 0.4) is 0 Å². The van der Waals surface area contributed by atoms with Gasteiger partial charge in [0.2, 0.25) is 5.43 Å². The van der Waals surface area contributed by atoms with E-state index in [-0.39, 0.29) is 5.56 Å². The molecule has 0 aliphatic heterocycles. The molecule has 0 aliphatic carbocycles. The first kappa shape index (κ1) is 11.6.